The van der Waals surface area contributed by atoms with Crippen molar-refractivity contribution in [3.05, 3.63) is 21.3 Å². The van der Waals surface area contributed by atoms with Crippen molar-refractivity contribution in [3.63, 3.8) is 0 Å². The SMILES string of the molecule is CCN1CCN(C(c2ccc(Cl)s2)C(C)N)CC1. The highest BCUT2D eigenvalue weighted by atomic mass is 35.5. The third-order valence-electron chi connectivity index (χ3n) is 3.63. The maximum atomic E-state index is 6.18. The summed E-state index contributed by atoms with van der Waals surface area (Å²) in [4.78, 5) is 6.27. The maximum Gasteiger partial charge on any atom is 0.0931 e. The molecule has 0 bridgehead atoms. The zero-order valence-electron chi connectivity index (χ0n) is 11.1. The summed E-state index contributed by atoms with van der Waals surface area (Å²) in [5.74, 6) is 0. The Hall–Kier alpha value is -0.130. The van der Waals surface area contributed by atoms with Gasteiger partial charge in [0.1, 0.15) is 0 Å². The van der Waals surface area contributed by atoms with Gasteiger partial charge in [-0.2, -0.15) is 0 Å². The lowest BCUT2D eigenvalue weighted by atomic mass is 10.1. The van der Waals surface area contributed by atoms with Gasteiger partial charge in [-0.1, -0.05) is 18.5 Å². The quantitative estimate of drug-likeness (QED) is 0.923. The summed E-state index contributed by atoms with van der Waals surface area (Å²) in [6.45, 7) is 9.91. The van der Waals surface area contributed by atoms with Crippen LogP contribution in [0.4, 0.5) is 0 Å². The van der Waals surface area contributed by atoms with Gasteiger partial charge in [0.05, 0.1) is 10.4 Å². The topological polar surface area (TPSA) is 32.5 Å². The fourth-order valence-corrected chi connectivity index (χ4v) is 3.93. The third-order valence-corrected chi connectivity index (χ3v) is 4.93. The lowest BCUT2D eigenvalue weighted by Crippen LogP contribution is -2.50. The summed E-state index contributed by atoms with van der Waals surface area (Å²) in [5.41, 5.74) is 6.18. The van der Waals surface area contributed by atoms with Gasteiger partial charge in [-0.3, -0.25) is 4.90 Å². The summed E-state index contributed by atoms with van der Waals surface area (Å²) < 4.78 is 0.850. The molecule has 0 spiro atoms. The van der Waals surface area contributed by atoms with E-state index in [2.05, 4.69) is 29.7 Å². The van der Waals surface area contributed by atoms with E-state index in [1.54, 1.807) is 11.3 Å². The Morgan fingerprint density at radius 1 is 1.33 bits per heavy atom. The number of rotatable bonds is 4. The number of piperazine rings is 1. The molecule has 1 saturated heterocycles. The van der Waals surface area contributed by atoms with Crippen LogP contribution in [0.15, 0.2) is 12.1 Å². The number of hydrogen-bond acceptors (Lipinski definition) is 4. The predicted octanol–water partition coefficient (Wildman–Crippen LogP) is 2.43. The first-order chi connectivity index (χ1) is 8.61. The predicted molar refractivity (Wildman–Crippen MR) is 79.4 cm³/mol. The van der Waals surface area contributed by atoms with Crippen LogP contribution in [0.25, 0.3) is 0 Å². The van der Waals surface area contributed by atoms with Crippen molar-refractivity contribution in [2.45, 2.75) is 25.9 Å². The van der Waals surface area contributed by atoms with Gasteiger partial charge < -0.3 is 10.6 Å². The first-order valence-electron chi connectivity index (χ1n) is 6.59. The second-order valence-electron chi connectivity index (χ2n) is 4.92. The van der Waals surface area contributed by atoms with E-state index >= 15 is 0 Å². The van der Waals surface area contributed by atoms with E-state index in [0.29, 0.717) is 6.04 Å². The van der Waals surface area contributed by atoms with Crippen LogP contribution in [0, 0.1) is 0 Å². The minimum absolute atomic E-state index is 0.132. The van der Waals surface area contributed by atoms with Crippen LogP contribution in [0.2, 0.25) is 4.34 Å². The fourth-order valence-electron chi connectivity index (χ4n) is 2.62. The van der Waals surface area contributed by atoms with E-state index in [-0.39, 0.29) is 6.04 Å². The van der Waals surface area contributed by atoms with Crippen molar-refractivity contribution in [2.75, 3.05) is 32.7 Å². The van der Waals surface area contributed by atoms with Gasteiger partial charge in [-0.15, -0.1) is 11.3 Å². The van der Waals surface area contributed by atoms with Gasteiger partial charge in [0.2, 0.25) is 0 Å². The van der Waals surface area contributed by atoms with Gasteiger partial charge in [0.15, 0.2) is 0 Å². The highest BCUT2D eigenvalue weighted by Crippen LogP contribution is 2.32. The molecule has 2 rings (SSSR count). The molecule has 0 aromatic carbocycles. The Morgan fingerprint density at radius 3 is 2.44 bits per heavy atom. The minimum atomic E-state index is 0.132. The van der Waals surface area contributed by atoms with Gasteiger partial charge in [0, 0.05) is 37.1 Å². The van der Waals surface area contributed by atoms with E-state index in [1.807, 2.05) is 6.07 Å². The molecule has 1 fully saturated rings. The normalized spacial score (nSPS) is 22.0. The first-order valence-corrected chi connectivity index (χ1v) is 7.78. The summed E-state index contributed by atoms with van der Waals surface area (Å²) in [6.07, 6.45) is 0. The highest BCUT2D eigenvalue weighted by molar-refractivity contribution is 7.16. The number of thiophene rings is 1. The average Bonchev–Trinajstić information content (AvgIpc) is 2.76. The van der Waals surface area contributed by atoms with Crippen molar-refractivity contribution < 1.29 is 0 Å². The molecule has 2 N–H and O–H groups in total. The van der Waals surface area contributed by atoms with E-state index in [4.69, 9.17) is 17.3 Å². The molecule has 2 heterocycles. The molecular weight excluding hydrogens is 266 g/mol. The van der Waals surface area contributed by atoms with Crippen molar-refractivity contribution in [1.82, 2.24) is 9.80 Å². The van der Waals surface area contributed by atoms with Crippen molar-refractivity contribution in [3.8, 4) is 0 Å². The minimum Gasteiger partial charge on any atom is -0.326 e. The van der Waals surface area contributed by atoms with Crippen LogP contribution in [0.1, 0.15) is 24.8 Å². The molecule has 5 heteroatoms. The molecule has 1 aromatic rings. The van der Waals surface area contributed by atoms with E-state index in [9.17, 15) is 0 Å². The van der Waals surface area contributed by atoms with Gasteiger partial charge >= 0.3 is 0 Å². The van der Waals surface area contributed by atoms with Crippen molar-refractivity contribution >= 4 is 22.9 Å². The Bertz CT molecular complexity index is 372. The van der Waals surface area contributed by atoms with E-state index in [0.717, 1.165) is 37.1 Å². The third kappa shape index (κ3) is 3.25. The maximum absolute atomic E-state index is 6.18. The molecule has 3 nitrogen and oxygen atoms in total. The van der Waals surface area contributed by atoms with Crippen LogP contribution in [-0.4, -0.2) is 48.6 Å². The summed E-state index contributed by atoms with van der Waals surface area (Å²) in [7, 11) is 0. The molecule has 102 valence electrons. The van der Waals surface area contributed by atoms with Gasteiger partial charge in [0.25, 0.3) is 0 Å². The highest BCUT2D eigenvalue weighted by Gasteiger charge is 2.28. The second kappa shape index (κ2) is 6.35. The van der Waals surface area contributed by atoms with Gasteiger partial charge in [-0.05, 0) is 25.6 Å². The molecule has 0 amide bonds. The Balaban J connectivity index is 2.07. The molecule has 2 atom stereocenters. The molecule has 0 aliphatic carbocycles. The lowest BCUT2D eigenvalue weighted by molar-refractivity contribution is 0.0913. The standard InChI is InChI=1S/C13H22ClN3S/c1-3-16-6-8-17(9-7-16)13(10(2)15)11-4-5-12(14)18-11/h4-5,10,13H,3,6-9,15H2,1-2H3. The number of halogens is 1. The number of nitrogens with zero attached hydrogens (tertiary/aromatic N) is 2. The van der Waals surface area contributed by atoms with Crippen LogP contribution in [-0.2, 0) is 0 Å². The molecule has 18 heavy (non-hydrogen) atoms. The number of nitrogens with two attached hydrogens (primary N) is 1. The molecule has 0 saturated carbocycles. The van der Waals surface area contributed by atoms with E-state index < -0.39 is 0 Å². The molecule has 0 radical (unpaired) electrons. The van der Waals surface area contributed by atoms with Crippen molar-refractivity contribution in [2.24, 2.45) is 5.73 Å². The molecule has 1 aliphatic heterocycles. The van der Waals surface area contributed by atoms with E-state index in [1.165, 1.54) is 4.88 Å². The molecule has 1 aromatic heterocycles. The smallest absolute Gasteiger partial charge is 0.0931 e. The molecule has 1 aliphatic rings. The van der Waals surface area contributed by atoms with Crippen molar-refractivity contribution in [1.29, 1.82) is 0 Å². The van der Waals surface area contributed by atoms with Crippen LogP contribution in [0.5, 0.6) is 0 Å². The van der Waals surface area contributed by atoms with Crippen LogP contribution in [0.3, 0.4) is 0 Å². The zero-order valence-corrected chi connectivity index (χ0v) is 12.7. The summed E-state index contributed by atoms with van der Waals surface area (Å²) in [6, 6.07) is 4.53. The fraction of sp³-hybridized carbons (Fsp3) is 0.692. The Kier molecular flexibility index (Phi) is 5.04. The average molecular weight is 288 g/mol. The molecule has 2 unspecified atom stereocenters. The number of hydrogen-bond donors (Lipinski definition) is 1. The Labute approximate surface area is 119 Å². The van der Waals surface area contributed by atoms with Crippen LogP contribution >= 0.6 is 22.9 Å². The number of likely N-dealkylation sites (N-methyl/N-ethyl adjacent to an activating group) is 1. The van der Waals surface area contributed by atoms with Gasteiger partial charge in [-0.25, -0.2) is 0 Å². The lowest BCUT2D eigenvalue weighted by Gasteiger charge is -2.40. The largest absolute Gasteiger partial charge is 0.326 e. The second-order valence-corrected chi connectivity index (χ2v) is 6.66. The summed E-state index contributed by atoms with van der Waals surface area (Å²) >= 11 is 7.70. The summed E-state index contributed by atoms with van der Waals surface area (Å²) in [5, 5.41) is 0. The molecular formula is C13H22ClN3S. The monoisotopic (exact) mass is 287 g/mol. The van der Waals surface area contributed by atoms with Crippen LogP contribution < -0.4 is 5.73 Å². The Morgan fingerprint density at radius 2 is 2.00 bits per heavy atom. The first kappa shape index (κ1) is 14.3. The zero-order chi connectivity index (χ0) is 13.1.